The summed E-state index contributed by atoms with van der Waals surface area (Å²) in [6, 6.07) is 4.42. The zero-order valence-electron chi connectivity index (χ0n) is 18.4. The summed E-state index contributed by atoms with van der Waals surface area (Å²) in [5, 5.41) is 1.50. The number of fused-ring (bicyclic) bond motifs is 5. The molecular formula is C23H40N2O. The first-order valence-corrected chi connectivity index (χ1v) is 10.7. The van der Waals surface area contributed by atoms with E-state index in [2.05, 4.69) is 35.7 Å². The standard InChI is InChI=1S/C17H22N2O.3C2H6/c1-18-9-7-12-14(8-10-18)19(2)15-5-6-16-13(17(12)15)4-3-11-20-16;3*1-2/h5-6H,3-4,7-11H2,1-2H3;3*1-2H3. The largest absolute Gasteiger partial charge is 0.493 e. The smallest absolute Gasteiger partial charge is 0.123 e. The number of likely N-dealkylation sites (N-methyl/N-ethyl adjacent to an activating group) is 1. The maximum absolute atomic E-state index is 5.86. The highest BCUT2D eigenvalue weighted by Gasteiger charge is 2.23. The van der Waals surface area contributed by atoms with Gasteiger partial charge in [-0.15, -0.1) is 0 Å². The van der Waals surface area contributed by atoms with Crippen LogP contribution in [0.5, 0.6) is 5.75 Å². The molecule has 2 aliphatic rings. The highest BCUT2D eigenvalue weighted by atomic mass is 16.5. The lowest BCUT2D eigenvalue weighted by molar-refractivity contribution is 0.289. The highest BCUT2D eigenvalue weighted by molar-refractivity contribution is 5.91. The second-order valence-electron chi connectivity index (χ2n) is 6.18. The Morgan fingerprint density at radius 1 is 0.808 bits per heavy atom. The Bertz CT molecular complexity index is 673. The van der Waals surface area contributed by atoms with E-state index in [9.17, 15) is 0 Å². The maximum atomic E-state index is 5.86. The molecule has 3 heteroatoms. The van der Waals surface area contributed by atoms with Gasteiger partial charge < -0.3 is 14.2 Å². The molecule has 2 aliphatic heterocycles. The quantitative estimate of drug-likeness (QED) is 0.607. The van der Waals surface area contributed by atoms with Gasteiger partial charge in [0.05, 0.1) is 6.61 Å². The van der Waals surface area contributed by atoms with Gasteiger partial charge in [-0.3, -0.25) is 0 Å². The number of benzene rings is 1. The van der Waals surface area contributed by atoms with Crippen molar-refractivity contribution in [2.75, 3.05) is 26.7 Å². The second-order valence-corrected chi connectivity index (χ2v) is 6.18. The zero-order valence-corrected chi connectivity index (χ0v) is 18.4. The molecule has 0 N–H and O–H groups in total. The van der Waals surface area contributed by atoms with Gasteiger partial charge in [-0.1, -0.05) is 41.5 Å². The molecule has 0 radical (unpaired) electrons. The number of ether oxygens (including phenoxy) is 1. The summed E-state index contributed by atoms with van der Waals surface area (Å²) in [7, 11) is 4.45. The minimum Gasteiger partial charge on any atom is -0.493 e. The van der Waals surface area contributed by atoms with Crippen LogP contribution in [0.2, 0.25) is 0 Å². The summed E-state index contributed by atoms with van der Waals surface area (Å²) < 4.78 is 8.28. The molecule has 148 valence electrons. The van der Waals surface area contributed by atoms with Crippen LogP contribution in [-0.2, 0) is 26.3 Å². The van der Waals surface area contributed by atoms with Crippen LogP contribution >= 0.6 is 0 Å². The number of hydrogen-bond acceptors (Lipinski definition) is 2. The summed E-state index contributed by atoms with van der Waals surface area (Å²) in [5.74, 6) is 1.12. The van der Waals surface area contributed by atoms with Crippen molar-refractivity contribution in [3.8, 4) is 5.75 Å². The molecule has 0 spiro atoms. The minimum absolute atomic E-state index is 0.871. The van der Waals surface area contributed by atoms with Crippen LogP contribution in [0.3, 0.4) is 0 Å². The van der Waals surface area contributed by atoms with Crippen LogP contribution in [0.25, 0.3) is 10.9 Å². The molecule has 0 aliphatic carbocycles. The van der Waals surface area contributed by atoms with Crippen molar-refractivity contribution in [3.05, 3.63) is 29.0 Å². The fourth-order valence-corrected chi connectivity index (χ4v) is 3.84. The van der Waals surface area contributed by atoms with Crippen LogP contribution in [0, 0.1) is 0 Å². The lowest BCUT2D eigenvalue weighted by atomic mass is 9.97. The number of aromatic nitrogens is 1. The van der Waals surface area contributed by atoms with E-state index in [4.69, 9.17) is 4.74 Å². The van der Waals surface area contributed by atoms with Gasteiger partial charge in [-0.25, -0.2) is 0 Å². The van der Waals surface area contributed by atoms with E-state index in [0.717, 1.165) is 38.3 Å². The van der Waals surface area contributed by atoms with Gasteiger partial charge >= 0.3 is 0 Å². The van der Waals surface area contributed by atoms with E-state index in [1.807, 2.05) is 41.5 Å². The average molecular weight is 361 g/mol. The number of nitrogens with zero attached hydrogens (tertiary/aromatic N) is 2. The van der Waals surface area contributed by atoms with Crippen LogP contribution in [-0.4, -0.2) is 36.2 Å². The molecule has 0 bridgehead atoms. The molecule has 1 aromatic carbocycles. The van der Waals surface area contributed by atoms with Gasteiger partial charge in [-0.2, -0.15) is 0 Å². The van der Waals surface area contributed by atoms with Crippen molar-refractivity contribution >= 4 is 10.9 Å². The minimum atomic E-state index is 0.871. The highest BCUT2D eigenvalue weighted by Crippen LogP contribution is 2.37. The van der Waals surface area contributed by atoms with E-state index in [1.54, 1.807) is 5.56 Å². The van der Waals surface area contributed by atoms with Crippen LogP contribution in [0.4, 0.5) is 0 Å². The summed E-state index contributed by atoms with van der Waals surface area (Å²) in [6.45, 7) is 15.2. The monoisotopic (exact) mass is 360 g/mol. The van der Waals surface area contributed by atoms with Crippen molar-refractivity contribution in [2.24, 2.45) is 7.05 Å². The van der Waals surface area contributed by atoms with Crippen LogP contribution < -0.4 is 4.74 Å². The predicted molar refractivity (Wildman–Crippen MR) is 116 cm³/mol. The predicted octanol–water partition coefficient (Wildman–Crippen LogP) is 5.61. The van der Waals surface area contributed by atoms with E-state index in [0.29, 0.717) is 0 Å². The summed E-state index contributed by atoms with van der Waals surface area (Å²) in [4.78, 5) is 2.44. The zero-order chi connectivity index (χ0) is 19.7. The second kappa shape index (κ2) is 11.3. The molecule has 3 heterocycles. The fraction of sp³-hybridized carbons (Fsp3) is 0.652. The Labute approximate surface area is 161 Å². The van der Waals surface area contributed by atoms with Crippen molar-refractivity contribution < 1.29 is 4.74 Å². The molecule has 0 saturated carbocycles. The summed E-state index contributed by atoms with van der Waals surface area (Å²) in [5.41, 5.74) is 5.96. The van der Waals surface area contributed by atoms with Crippen molar-refractivity contribution in [1.82, 2.24) is 9.47 Å². The lowest BCUT2D eigenvalue weighted by Crippen LogP contribution is -2.21. The molecule has 0 unspecified atom stereocenters. The van der Waals surface area contributed by atoms with Gasteiger partial charge in [0, 0.05) is 48.7 Å². The topological polar surface area (TPSA) is 17.4 Å². The Morgan fingerprint density at radius 2 is 1.46 bits per heavy atom. The van der Waals surface area contributed by atoms with Crippen LogP contribution in [0.15, 0.2) is 12.1 Å². The maximum Gasteiger partial charge on any atom is 0.123 e. The van der Waals surface area contributed by atoms with Crippen molar-refractivity contribution in [3.63, 3.8) is 0 Å². The SMILES string of the molecule is CC.CC.CC.CN1CCc2c(n(C)c3ccc4c(c23)CCCO4)CC1. The molecule has 1 aromatic heterocycles. The normalized spacial score (nSPS) is 15.5. The number of hydrogen-bond donors (Lipinski definition) is 0. The molecule has 26 heavy (non-hydrogen) atoms. The molecular weight excluding hydrogens is 320 g/mol. The van der Waals surface area contributed by atoms with Crippen molar-refractivity contribution in [1.29, 1.82) is 0 Å². The Kier molecular flexibility index (Phi) is 9.79. The lowest BCUT2D eigenvalue weighted by Gasteiger charge is -2.19. The molecule has 0 atom stereocenters. The fourth-order valence-electron chi connectivity index (χ4n) is 3.84. The third kappa shape index (κ3) is 4.43. The molecule has 3 nitrogen and oxygen atoms in total. The van der Waals surface area contributed by atoms with E-state index >= 15 is 0 Å². The van der Waals surface area contributed by atoms with E-state index in [1.165, 1.54) is 35.0 Å². The van der Waals surface area contributed by atoms with Gasteiger partial charge in [0.25, 0.3) is 0 Å². The first kappa shape index (κ1) is 22.6. The van der Waals surface area contributed by atoms with Gasteiger partial charge in [-0.05, 0) is 44.0 Å². The van der Waals surface area contributed by atoms with Gasteiger partial charge in [0.2, 0.25) is 0 Å². The number of aryl methyl sites for hydroxylation is 2. The average Bonchev–Trinajstić information content (AvgIpc) is 2.86. The first-order valence-electron chi connectivity index (χ1n) is 10.7. The van der Waals surface area contributed by atoms with Gasteiger partial charge in [0.1, 0.15) is 5.75 Å². The van der Waals surface area contributed by atoms with Gasteiger partial charge in [0.15, 0.2) is 0 Å². The summed E-state index contributed by atoms with van der Waals surface area (Å²) in [6.07, 6.45) is 4.64. The molecule has 4 rings (SSSR count). The third-order valence-corrected chi connectivity index (χ3v) is 4.97. The molecule has 0 saturated heterocycles. The first-order chi connectivity index (χ1) is 12.8. The Morgan fingerprint density at radius 3 is 2.15 bits per heavy atom. The van der Waals surface area contributed by atoms with Crippen LogP contribution in [0.1, 0.15) is 64.8 Å². The Balaban J connectivity index is 0.000000515. The molecule has 2 aromatic rings. The van der Waals surface area contributed by atoms with E-state index < -0.39 is 0 Å². The molecule has 0 amide bonds. The summed E-state index contributed by atoms with van der Waals surface area (Å²) >= 11 is 0. The molecule has 0 fully saturated rings. The third-order valence-electron chi connectivity index (χ3n) is 4.97. The number of rotatable bonds is 0. The van der Waals surface area contributed by atoms with E-state index in [-0.39, 0.29) is 0 Å². The Hall–Kier alpha value is -1.48. The van der Waals surface area contributed by atoms with Crippen molar-refractivity contribution in [2.45, 2.75) is 67.2 Å².